The molecule has 0 saturated heterocycles. The fourth-order valence-corrected chi connectivity index (χ4v) is 2.30. The molecule has 7 nitrogen and oxygen atoms in total. The molecular formula is C17H15ClN2O5. The molecule has 2 rings (SSSR count). The predicted octanol–water partition coefficient (Wildman–Crippen LogP) is 3.28. The van der Waals surface area contributed by atoms with E-state index in [0.29, 0.717) is 5.02 Å². The fourth-order valence-electron chi connectivity index (χ4n) is 2.10. The number of carbonyl (C=O) groups excluding carboxylic acids is 2. The van der Waals surface area contributed by atoms with E-state index in [2.05, 4.69) is 5.32 Å². The second-order valence-electron chi connectivity index (χ2n) is 5.23. The molecular weight excluding hydrogens is 348 g/mol. The van der Waals surface area contributed by atoms with Crippen LogP contribution in [0.4, 0.5) is 5.69 Å². The Kier molecular flexibility index (Phi) is 6.08. The van der Waals surface area contributed by atoms with Gasteiger partial charge in [-0.2, -0.15) is 0 Å². The van der Waals surface area contributed by atoms with E-state index in [1.54, 1.807) is 25.1 Å². The molecule has 0 bridgehead atoms. The van der Waals surface area contributed by atoms with Crippen molar-refractivity contribution in [3.63, 3.8) is 0 Å². The quantitative estimate of drug-likeness (QED) is 0.483. The number of ether oxygens (including phenoxy) is 1. The Hall–Kier alpha value is -2.93. The highest BCUT2D eigenvalue weighted by molar-refractivity contribution is 6.30. The molecule has 1 amide bonds. The van der Waals surface area contributed by atoms with Crippen LogP contribution in [-0.4, -0.2) is 23.4 Å². The molecule has 0 spiro atoms. The maximum atomic E-state index is 11.9. The summed E-state index contributed by atoms with van der Waals surface area (Å²) in [6.07, 6.45) is 0. The summed E-state index contributed by atoms with van der Waals surface area (Å²) < 4.78 is 4.89. The van der Waals surface area contributed by atoms with E-state index in [4.69, 9.17) is 16.3 Å². The van der Waals surface area contributed by atoms with Crippen LogP contribution < -0.4 is 5.32 Å². The Morgan fingerprint density at radius 2 is 1.96 bits per heavy atom. The van der Waals surface area contributed by atoms with Crippen LogP contribution in [0, 0.1) is 10.1 Å². The van der Waals surface area contributed by atoms with Crippen LogP contribution in [0.3, 0.4) is 0 Å². The normalized spacial score (nSPS) is 11.4. The maximum Gasteiger partial charge on any atom is 0.338 e. The summed E-state index contributed by atoms with van der Waals surface area (Å²) in [5.74, 6) is -1.31. The van der Waals surface area contributed by atoms with Gasteiger partial charge in [-0.05, 0) is 30.7 Å². The van der Waals surface area contributed by atoms with Gasteiger partial charge in [0, 0.05) is 17.2 Å². The van der Waals surface area contributed by atoms with Crippen LogP contribution >= 0.6 is 11.6 Å². The van der Waals surface area contributed by atoms with E-state index in [1.165, 1.54) is 18.2 Å². The highest BCUT2D eigenvalue weighted by Gasteiger charge is 2.15. The van der Waals surface area contributed by atoms with Crippen LogP contribution in [0.5, 0.6) is 0 Å². The number of rotatable bonds is 6. The maximum absolute atomic E-state index is 11.9. The Morgan fingerprint density at radius 3 is 2.64 bits per heavy atom. The molecule has 2 aromatic rings. The van der Waals surface area contributed by atoms with Crippen molar-refractivity contribution in [2.45, 2.75) is 13.0 Å². The van der Waals surface area contributed by atoms with Crippen molar-refractivity contribution in [3.05, 3.63) is 74.8 Å². The third-order valence-electron chi connectivity index (χ3n) is 3.35. The third-order valence-corrected chi connectivity index (χ3v) is 3.59. The van der Waals surface area contributed by atoms with Gasteiger partial charge in [-0.25, -0.2) is 4.79 Å². The standard InChI is InChI=1S/C17H15ClN2O5/c1-11(12-4-2-6-14(18)8-12)19-16(21)10-25-17(22)13-5-3-7-15(9-13)20(23)24/h2-9,11H,10H2,1H3,(H,19,21)/t11-/m0/s1. The average molecular weight is 363 g/mol. The molecule has 2 aromatic carbocycles. The number of amides is 1. The summed E-state index contributed by atoms with van der Waals surface area (Å²) in [5.41, 5.74) is 0.587. The lowest BCUT2D eigenvalue weighted by atomic mass is 10.1. The van der Waals surface area contributed by atoms with Crippen LogP contribution in [0.1, 0.15) is 28.9 Å². The SMILES string of the molecule is C[C@H](NC(=O)COC(=O)c1cccc([N+](=O)[O-])c1)c1cccc(Cl)c1. The predicted molar refractivity (Wildman–Crippen MR) is 91.4 cm³/mol. The number of hydrogen-bond acceptors (Lipinski definition) is 5. The topological polar surface area (TPSA) is 98.5 Å². The first-order chi connectivity index (χ1) is 11.9. The first kappa shape index (κ1) is 18.4. The number of hydrogen-bond donors (Lipinski definition) is 1. The molecule has 25 heavy (non-hydrogen) atoms. The Labute approximate surface area is 148 Å². The number of nitrogens with zero attached hydrogens (tertiary/aromatic N) is 1. The molecule has 0 fully saturated rings. The molecule has 0 aliphatic rings. The third kappa shape index (κ3) is 5.29. The zero-order valence-corrected chi connectivity index (χ0v) is 14.0. The van der Waals surface area contributed by atoms with Crippen molar-refractivity contribution in [1.29, 1.82) is 0 Å². The summed E-state index contributed by atoms with van der Waals surface area (Å²) in [4.78, 5) is 33.9. The van der Waals surface area contributed by atoms with Crippen molar-refractivity contribution >= 4 is 29.2 Å². The number of nitro groups is 1. The number of nitrogens with one attached hydrogen (secondary N) is 1. The van der Waals surface area contributed by atoms with Crippen molar-refractivity contribution in [1.82, 2.24) is 5.32 Å². The average Bonchev–Trinajstić information content (AvgIpc) is 2.59. The van der Waals surface area contributed by atoms with Gasteiger partial charge >= 0.3 is 5.97 Å². The molecule has 0 heterocycles. The first-order valence-corrected chi connectivity index (χ1v) is 7.71. The molecule has 0 aliphatic heterocycles. The lowest BCUT2D eigenvalue weighted by Crippen LogP contribution is -2.31. The summed E-state index contributed by atoms with van der Waals surface area (Å²) in [6, 6.07) is 11.8. The minimum absolute atomic E-state index is 0.00453. The largest absolute Gasteiger partial charge is 0.452 e. The van der Waals surface area contributed by atoms with E-state index >= 15 is 0 Å². The Balaban J connectivity index is 1.90. The second-order valence-corrected chi connectivity index (χ2v) is 5.66. The minimum Gasteiger partial charge on any atom is -0.452 e. The molecule has 8 heteroatoms. The van der Waals surface area contributed by atoms with Crippen molar-refractivity contribution in [3.8, 4) is 0 Å². The van der Waals surface area contributed by atoms with Gasteiger partial charge in [0.2, 0.25) is 0 Å². The van der Waals surface area contributed by atoms with Gasteiger partial charge in [-0.1, -0.05) is 29.8 Å². The van der Waals surface area contributed by atoms with Crippen LogP contribution in [0.15, 0.2) is 48.5 Å². The summed E-state index contributed by atoms with van der Waals surface area (Å²) in [5, 5.41) is 13.9. The minimum atomic E-state index is -0.811. The number of benzene rings is 2. The van der Waals surface area contributed by atoms with Gasteiger partial charge in [-0.3, -0.25) is 14.9 Å². The van der Waals surface area contributed by atoms with Crippen molar-refractivity contribution < 1.29 is 19.2 Å². The van der Waals surface area contributed by atoms with E-state index in [0.717, 1.165) is 11.6 Å². The molecule has 0 saturated carbocycles. The highest BCUT2D eigenvalue weighted by atomic mass is 35.5. The summed E-state index contributed by atoms with van der Waals surface area (Å²) in [7, 11) is 0. The lowest BCUT2D eigenvalue weighted by molar-refractivity contribution is -0.384. The zero-order chi connectivity index (χ0) is 18.4. The van der Waals surface area contributed by atoms with Gasteiger partial charge in [0.05, 0.1) is 16.5 Å². The van der Waals surface area contributed by atoms with Crippen molar-refractivity contribution in [2.24, 2.45) is 0 Å². The van der Waals surface area contributed by atoms with Crippen LogP contribution in [0.25, 0.3) is 0 Å². The summed E-state index contributed by atoms with van der Waals surface area (Å²) in [6.45, 7) is 1.28. The molecule has 0 aliphatic carbocycles. The summed E-state index contributed by atoms with van der Waals surface area (Å²) >= 11 is 5.90. The van der Waals surface area contributed by atoms with Gasteiger partial charge in [0.15, 0.2) is 6.61 Å². The van der Waals surface area contributed by atoms with E-state index < -0.39 is 23.4 Å². The first-order valence-electron chi connectivity index (χ1n) is 7.33. The van der Waals surface area contributed by atoms with Gasteiger partial charge < -0.3 is 10.1 Å². The molecule has 0 aromatic heterocycles. The molecule has 130 valence electrons. The van der Waals surface area contributed by atoms with Gasteiger partial charge in [0.1, 0.15) is 0 Å². The van der Waals surface area contributed by atoms with E-state index in [1.807, 2.05) is 6.07 Å². The zero-order valence-electron chi connectivity index (χ0n) is 13.3. The number of non-ortho nitro benzene ring substituents is 1. The monoisotopic (exact) mass is 362 g/mol. The molecule has 1 N–H and O–H groups in total. The van der Waals surface area contributed by atoms with Gasteiger partial charge in [0.25, 0.3) is 11.6 Å². The molecule has 0 radical (unpaired) electrons. The van der Waals surface area contributed by atoms with Crippen molar-refractivity contribution in [2.75, 3.05) is 6.61 Å². The highest BCUT2D eigenvalue weighted by Crippen LogP contribution is 2.17. The number of nitro benzene ring substituents is 1. The van der Waals surface area contributed by atoms with Gasteiger partial charge in [-0.15, -0.1) is 0 Å². The second kappa shape index (κ2) is 8.25. The number of carbonyl (C=O) groups is 2. The molecule has 0 unspecified atom stereocenters. The lowest BCUT2D eigenvalue weighted by Gasteiger charge is -2.14. The Morgan fingerprint density at radius 1 is 1.24 bits per heavy atom. The van der Waals surface area contributed by atoms with E-state index in [-0.39, 0.29) is 17.3 Å². The van der Waals surface area contributed by atoms with Crippen LogP contribution in [-0.2, 0) is 9.53 Å². The fraction of sp³-hybridized carbons (Fsp3) is 0.176. The molecule has 1 atom stereocenters. The van der Waals surface area contributed by atoms with Crippen LogP contribution in [0.2, 0.25) is 5.02 Å². The smallest absolute Gasteiger partial charge is 0.338 e. The van der Waals surface area contributed by atoms with E-state index in [9.17, 15) is 19.7 Å². The number of esters is 1. The number of halogens is 1. The Bertz CT molecular complexity index is 809.